The number of aliphatic carboxylic acids is 1. The molecule has 0 spiro atoms. The summed E-state index contributed by atoms with van der Waals surface area (Å²) in [5.41, 5.74) is 0. The first-order valence-corrected chi connectivity index (χ1v) is 5.43. The molecule has 1 aliphatic heterocycles. The maximum absolute atomic E-state index is 10.5. The lowest BCUT2D eigenvalue weighted by atomic mass is 9.87. The predicted molar refractivity (Wildman–Crippen MR) is 56.2 cm³/mol. The smallest absolute Gasteiger partial charge is 0.303 e. The molecule has 1 fully saturated rings. The molecule has 14 heavy (non-hydrogen) atoms. The van der Waals surface area contributed by atoms with E-state index in [2.05, 4.69) is 18.7 Å². The van der Waals surface area contributed by atoms with Crippen LogP contribution in [0.25, 0.3) is 0 Å². The van der Waals surface area contributed by atoms with Crippen LogP contribution in [-0.4, -0.2) is 35.6 Å². The van der Waals surface area contributed by atoms with Gasteiger partial charge in [0.2, 0.25) is 0 Å². The maximum Gasteiger partial charge on any atom is 0.303 e. The molecule has 82 valence electrons. The van der Waals surface area contributed by atoms with Gasteiger partial charge in [0.25, 0.3) is 0 Å². The summed E-state index contributed by atoms with van der Waals surface area (Å²) in [4.78, 5) is 12.8. The topological polar surface area (TPSA) is 40.5 Å². The molecule has 0 radical (unpaired) electrons. The zero-order chi connectivity index (χ0) is 10.7. The summed E-state index contributed by atoms with van der Waals surface area (Å²) in [5, 5.41) is 8.61. The van der Waals surface area contributed by atoms with Crippen molar-refractivity contribution in [1.29, 1.82) is 0 Å². The molecule has 0 amide bonds. The molecule has 0 bridgehead atoms. The monoisotopic (exact) mass is 199 g/mol. The van der Waals surface area contributed by atoms with Gasteiger partial charge in [-0.05, 0) is 17.8 Å². The Morgan fingerprint density at radius 1 is 1.43 bits per heavy atom. The van der Waals surface area contributed by atoms with E-state index in [0.717, 1.165) is 31.5 Å². The summed E-state index contributed by atoms with van der Waals surface area (Å²) < 4.78 is 0. The molecule has 1 aliphatic rings. The minimum Gasteiger partial charge on any atom is -0.481 e. The van der Waals surface area contributed by atoms with Crippen LogP contribution in [0.4, 0.5) is 0 Å². The first kappa shape index (κ1) is 11.5. The van der Waals surface area contributed by atoms with Crippen molar-refractivity contribution in [2.45, 2.75) is 27.2 Å². The summed E-state index contributed by atoms with van der Waals surface area (Å²) in [5.74, 6) is 1.19. The number of likely N-dealkylation sites (tertiary alicyclic amines) is 1. The van der Waals surface area contributed by atoms with Crippen LogP contribution in [0.15, 0.2) is 0 Å². The van der Waals surface area contributed by atoms with E-state index in [-0.39, 0.29) is 5.92 Å². The largest absolute Gasteiger partial charge is 0.481 e. The Labute approximate surface area is 86.1 Å². The van der Waals surface area contributed by atoms with Gasteiger partial charge in [-0.15, -0.1) is 0 Å². The molecule has 0 aliphatic carbocycles. The van der Waals surface area contributed by atoms with Crippen LogP contribution in [0, 0.1) is 17.8 Å². The molecule has 1 heterocycles. The summed E-state index contributed by atoms with van der Waals surface area (Å²) in [6, 6.07) is 0. The minimum atomic E-state index is -0.682. The van der Waals surface area contributed by atoms with Crippen LogP contribution in [0.3, 0.4) is 0 Å². The summed E-state index contributed by atoms with van der Waals surface area (Å²) >= 11 is 0. The van der Waals surface area contributed by atoms with Gasteiger partial charge in [0.1, 0.15) is 0 Å². The Kier molecular flexibility index (Phi) is 3.93. The third-order valence-electron chi connectivity index (χ3n) is 3.02. The zero-order valence-electron chi connectivity index (χ0n) is 9.36. The second-order valence-corrected chi connectivity index (χ2v) is 4.93. The fourth-order valence-corrected chi connectivity index (χ4v) is 1.98. The standard InChI is InChI=1S/C11H21NO2/c1-8(2)10-6-12(7-10)5-9(3)4-11(13)14/h8-10H,4-7H2,1-3H3,(H,13,14). The van der Waals surface area contributed by atoms with Crippen LogP contribution in [0.2, 0.25) is 0 Å². The molecule has 1 unspecified atom stereocenters. The van der Waals surface area contributed by atoms with E-state index in [1.165, 1.54) is 0 Å². The normalized spacial score (nSPS) is 20.9. The van der Waals surface area contributed by atoms with Crippen molar-refractivity contribution < 1.29 is 9.90 Å². The second-order valence-electron chi connectivity index (χ2n) is 4.93. The van der Waals surface area contributed by atoms with Crippen LogP contribution in [0.1, 0.15) is 27.2 Å². The maximum atomic E-state index is 10.5. The lowest BCUT2D eigenvalue weighted by Crippen LogP contribution is -2.50. The van der Waals surface area contributed by atoms with E-state index in [1.807, 2.05) is 6.92 Å². The molecule has 3 nitrogen and oxygen atoms in total. The molecule has 0 aromatic rings. The Morgan fingerprint density at radius 2 is 2.00 bits per heavy atom. The molecular formula is C11H21NO2. The molecule has 1 atom stereocenters. The number of carboxylic acids is 1. The van der Waals surface area contributed by atoms with E-state index in [0.29, 0.717) is 6.42 Å². The van der Waals surface area contributed by atoms with Crippen LogP contribution in [-0.2, 0) is 4.79 Å². The molecule has 1 rings (SSSR count). The summed E-state index contributed by atoms with van der Waals surface area (Å²) in [6.07, 6.45) is 0.294. The average Bonchev–Trinajstić information content (AvgIpc) is 1.93. The molecular weight excluding hydrogens is 178 g/mol. The van der Waals surface area contributed by atoms with Crippen molar-refractivity contribution in [1.82, 2.24) is 4.90 Å². The zero-order valence-corrected chi connectivity index (χ0v) is 9.36. The van der Waals surface area contributed by atoms with Crippen LogP contribution < -0.4 is 0 Å². The number of carbonyl (C=O) groups is 1. The van der Waals surface area contributed by atoms with E-state index < -0.39 is 5.97 Å². The Hall–Kier alpha value is -0.570. The van der Waals surface area contributed by atoms with Crippen molar-refractivity contribution in [3.63, 3.8) is 0 Å². The Morgan fingerprint density at radius 3 is 2.43 bits per heavy atom. The first-order chi connectivity index (χ1) is 6.49. The SMILES string of the molecule is CC(CC(=O)O)CN1CC(C(C)C)C1. The van der Waals surface area contributed by atoms with E-state index >= 15 is 0 Å². The van der Waals surface area contributed by atoms with Gasteiger partial charge in [-0.1, -0.05) is 20.8 Å². The van der Waals surface area contributed by atoms with E-state index in [1.54, 1.807) is 0 Å². The Bertz CT molecular complexity index is 197. The number of carboxylic acid groups (broad SMARTS) is 1. The van der Waals surface area contributed by atoms with Crippen molar-refractivity contribution in [2.75, 3.05) is 19.6 Å². The van der Waals surface area contributed by atoms with Gasteiger partial charge in [0, 0.05) is 26.1 Å². The molecule has 0 aromatic carbocycles. The number of nitrogens with zero attached hydrogens (tertiary/aromatic N) is 1. The van der Waals surface area contributed by atoms with Gasteiger partial charge in [-0.25, -0.2) is 0 Å². The predicted octanol–water partition coefficient (Wildman–Crippen LogP) is 1.69. The van der Waals surface area contributed by atoms with E-state index in [4.69, 9.17) is 5.11 Å². The van der Waals surface area contributed by atoms with Gasteiger partial charge in [0.05, 0.1) is 0 Å². The fourth-order valence-electron chi connectivity index (χ4n) is 1.98. The molecule has 0 saturated carbocycles. The van der Waals surface area contributed by atoms with Gasteiger partial charge < -0.3 is 10.0 Å². The number of hydrogen-bond donors (Lipinski definition) is 1. The quantitative estimate of drug-likeness (QED) is 0.732. The van der Waals surface area contributed by atoms with Gasteiger partial charge in [-0.2, -0.15) is 0 Å². The van der Waals surface area contributed by atoms with Crippen molar-refractivity contribution >= 4 is 5.97 Å². The average molecular weight is 199 g/mol. The van der Waals surface area contributed by atoms with Gasteiger partial charge >= 0.3 is 5.97 Å². The van der Waals surface area contributed by atoms with Gasteiger partial charge in [0.15, 0.2) is 0 Å². The lowest BCUT2D eigenvalue weighted by Gasteiger charge is -2.42. The highest BCUT2D eigenvalue weighted by molar-refractivity contribution is 5.66. The highest BCUT2D eigenvalue weighted by Gasteiger charge is 2.29. The van der Waals surface area contributed by atoms with Gasteiger partial charge in [-0.3, -0.25) is 4.79 Å². The van der Waals surface area contributed by atoms with Crippen LogP contribution >= 0.6 is 0 Å². The van der Waals surface area contributed by atoms with Crippen LogP contribution in [0.5, 0.6) is 0 Å². The van der Waals surface area contributed by atoms with E-state index in [9.17, 15) is 4.79 Å². The minimum absolute atomic E-state index is 0.278. The number of rotatable bonds is 5. The molecule has 1 saturated heterocycles. The third kappa shape index (κ3) is 3.29. The molecule has 0 aromatic heterocycles. The first-order valence-electron chi connectivity index (χ1n) is 5.43. The molecule has 1 N–H and O–H groups in total. The van der Waals surface area contributed by atoms with Crippen molar-refractivity contribution in [2.24, 2.45) is 17.8 Å². The fraction of sp³-hybridized carbons (Fsp3) is 0.909. The lowest BCUT2D eigenvalue weighted by molar-refractivity contribution is -0.138. The second kappa shape index (κ2) is 4.78. The Balaban J connectivity index is 2.13. The molecule has 3 heteroatoms. The third-order valence-corrected chi connectivity index (χ3v) is 3.02. The summed E-state index contributed by atoms with van der Waals surface area (Å²) in [7, 11) is 0. The van der Waals surface area contributed by atoms with Crippen molar-refractivity contribution in [3.8, 4) is 0 Å². The summed E-state index contributed by atoms with van der Waals surface area (Å²) in [6.45, 7) is 9.76. The number of hydrogen-bond acceptors (Lipinski definition) is 2. The highest BCUT2D eigenvalue weighted by Crippen LogP contribution is 2.24. The van der Waals surface area contributed by atoms with Crippen molar-refractivity contribution in [3.05, 3.63) is 0 Å². The highest BCUT2D eigenvalue weighted by atomic mass is 16.4.